The van der Waals surface area contributed by atoms with Crippen LogP contribution in [-0.4, -0.2) is 12.5 Å². The largest absolute Gasteiger partial charge is 0.450 e. The van der Waals surface area contributed by atoms with Crippen LogP contribution in [0.15, 0.2) is 24.3 Å². The summed E-state index contributed by atoms with van der Waals surface area (Å²) in [6.07, 6.45) is 4.78. The van der Waals surface area contributed by atoms with Crippen molar-refractivity contribution in [1.29, 1.82) is 0 Å². The van der Waals surface area contributed by atoms with Crippen LogP contribution >= 0.6 is 0 Å². The summed E-state index contributed by atoms with van der Waals surface area (Å²) in [5.41, 5.74) is 2.21. The molecule has 1 N–H and O–H groups in total. The molecule has 1 rings (SSSR count). The highest BCUT2D eigenvalue weighted by molar-refractivity contribution is 6.46. The summed E-state index contributed by atoms with van der Waals surface area (Å²) < 4.78 is 0. The molecular weight excluding hydrogens is 159 g/mol. The van der Waals surface area contributed by atoms with E-state index in [0.29, 0.717) is 0 Å². The van der Waals surface area contributed by atoms with Gasteiger partial charge < -0.3 is 5.02 Å². The number of unbranched alkanes of at least 4 members (excludes halogenated alkanes) is 2. The van der Waals surface area contributed by atoms with E-state index < -0.39 is 0 Å². The first-order valence-corrected chi connectivity index (χ1v) is 4.93. The predicted molar refractivity (Wildman–Crippen MR) is 57.3 cm³/mol. The molecule has 1 nitrogen and oxygen atoms in total. The molecule has 69 valence electrons. The molecule has 0 heterocycles. The summed E-state index contributed by atoms with van der Waals surface area (Å²) in [6, 6.07) is 8.00. The standard InChI is InChI=1S/C11H16BO/c1-2-3-4-7-10-8-5-6-9-11(10)12-13/h5-6,8-9,13H,2-4,7H2,1H3. The fraction of sp³-hybridized carbons (Fsp3) is 0.455. The highest BCUT2D eigenvalue weighted by atomic mass is 16.2. The van der Waals surface area contributed by atoms with Crippen LogP contribution in [0, 0.1) is 0 Å². The number of aryl methyl sites for hydroxylation is 1. The summed E-state index contributed by atoms with van der Waals surface area (Å²) >= 11 is 0. The van der Waals surface area contributed by atoms with Gasteiger partial charge in [-0.3, -0.25) is 0 Å². The third kappa shape index (κ3) is 3.23. The van der Waals surface area contributed by atoms with Crippen molar-refractivity contribution in [2.75, 3.05) is 0 Å². The number of rotatable bonds is 5. The van der Waals surface area contributed by atoms with Gasteiger partial charge in [0.2, 0.25) is 0 Å². The van der Waals surface area contributed by atoms with Crippen LogP contribution in [-0.2, 0) is 6.42 Å². The summed E-state index contributed by atoms with van der Waals surface area (Å²) in [6.45, 7) is 2.20. The van der Waals surface area contributed by atoms with Gasteiger partial charge in [-0.1, -0.05) is 55.1 Å². The second-order valence-corrected chi connectivity index (χ2v) is 3.29. The Morgan fingerprint density at radius 3 is 2.69 bits per heavy atom. The fourth-order valence-electron chi connectivity index (χ4n) is 1.45. The normalized spacial score (nSPS) is 10.0. The van der Waals surface area contributed by atoms with Gasteiger partial charge in [-0.05, 0) is 12.8 Å². The molecule has 0 saturated heterocycles. The molecule has 0 fully saturated rings. The van der Waals surface area contributed by atoms with Crippen molar-refractivity contribution in [2.24, 2.45) is 0 Å². The maximum atomic E-state index is 8.95. The van der Waals surface area contributed by atoms with Gasteiger partial charge in [0.05, 0.1) is 0 Å². The van der Waals surface area contributed by atoms with E-state index in [4.69, 9.17) is 5.02 Å². The molecule has 0 bridgehead atoms. The average Bonchev–Trinajstić information content (AvgIpc) is 2.19. The van der Waals surface area contributed by atoms with Crippen LogP contribution in [0.25, 0.3) is 0 Å². The smallest absolute Gasteiger partial charge is 0.327 e. The molecular formula is C11H16BO. The molecule has 0 aliphatic heterocycles. The molecule has 1 radical (unpaired) electrons. The summed E-state index contributed by atoms with van der Waals surface area (Å²) in [5.74, 6) is 0. The van der Waals surface area contributed by atoms with E-state index in [1.54, 1.807) is 0 Å². The lowest BCUT2D eigenvalue weighted by Gasteiger charge is -2.05. The van der Waals surface area contributed by atoms with Crippen LogP contribution in [0.1, 0.15) is 31.7 Å². The summed E-state index contributed by atoms with van der Waals surface area (Å²) in [5, 5.41) is 8.95. The molecule has 0 amide bonds. The quantitative estimate of drug-likeness (QED) is 0.532. The number of benzene rings is 1. The highest BCUT2D eigenvalue weighted by Gasteiger charge is 2.00. The predicted octanol–water partition coefficient (Wildman–Crippen LogP) is 1.66. The Labute approximate surface area is 81.1 Å². The van der Waals surface area contributed by atoms with E-state index >= 15 is 0 Å². The van der Waals surface area contributed by atoms with Crippen molar-refractivity contribution in [1.82, 2.24) is 0 Å². The van der Waals surface area contributed by atoms with Gasteiger partial charge in [0.1, 0.15) is 0 Å². The maximum Gasteiger partial charge on any atom is 0.327 e. The third-order valence-electron chi connectivity index (χ3n) is 2.24. The Balaban J connectivity index is 2.54. The minimum absolute atomic E-state index is 0.957. The van der Waals surface area contributed by atoms with Gasteiger partial charge in [-0.25, -0.2) is 0 Å². The molecule has 0 aliphatic rings. The maximum absolute atomic E-state index is 8.95. The lowest BCUT2D eigenvalue weighted by Crippen LogP contribution is -2.18. The zero-order valence-electron chi connectivity index (χ0n) is 8.16. The van der Waals surface area contributed by atoms with Gasteiger partial charge in [-0.15, -0.1) is 0 Å². The molecule has 1 aromatic rings. The van der Waals surface area contributed by atoms with Gasteiger partial charge in [0.15, 0.2) is 0 Å². The zero-order chi connectivity index (χ0) is 9.52. The molecule has 0 spiro atoms. The first kappa shape index (κ1) is 10.3. The first-order valence-electron chi connectivity index (χ1n) is 4.93. The van der Waals surface area contributed by atoms with Crippen molar-refractivity contribution >= 4 is 12.9 Å². The minimum Gasteiger partial charge on any atom is -0.450 e. The van der Waals surface area contributed by atoms with E-state index in [0.717, 1.165) is 11.9 Å². The lowest BCUT2D eigenvalue weighted by molar-refractivity contribution is 0.614. The van der Waals surface area contributed by atoms with Crippen LogP contribution in [0.3, 0.4) is 0 Å². The first-order chi connectivity index (χ1) is 6.38. The molecule has 0 saturated carbocycles. The molecule has 13 heavy (non-hydrogen) atoms. The average molecular weight is 175 g/mol. The molecule has 0 unspecified atom stereocenters. The van der Waals surface area contributed by atoms with E-state index in [9.17, 15) is 0 Å². The molecule has 0 aliphatic carbocycles. The van der Waals surface area contributed by atoms with Crippen molar-refractivity contribution in [3.05, 3.63) is 29.8 Å². The van der Waals surface area contributed by atoms with Gasteiger partial charge in [-0.2, -0.15) is 0 Å². The second-order valence-electron chi connectivity index (χ2n) is 3.29. The Hall–Kier alpha value is -0.755. The number of hydrogen-bond donors (Lipinski definition) is 1. The monoisotopic (exact) mass is 175 g/mol. The molecule has 1 aromatic carbocycles. The summed E-state index contributed by atoms with van der Waals surface area (Å²) in [4.78, 5) is 0. The van der Waals surface area contributed by atoms with Gasteiger partial charge in [0.25, 0.3) is 0 Å². The molecule has 2 heteroatoms. The third-order valence-corrected chi connectivity index (χ3v) is 2.24. The van der Waals surface area contributed by atoms with Gasteiger partial charge >= 0.3 is 7.48 Å². The topological polar surface area (TPSA) is 20.2 Å². The van der Waals surface area contributed by atoms with Crippen molar-refractivity contribution in [3.63, 3.8) is 0 Å². The van der Waals surface area contributed by atoms with Crippen LogP contribution in [0.4, 0.5) is 0 Å². The van der Waals surface area contributed by atoms with Crippen molar-refractivity contribution < 1.29 is 5.02 Å². The SMILES string of the molecule is CCCCCc1ccccc1[B]O. The Morgan fingerprint density at radius 2 is 2.00 bits per heavy atom. The van der Waals surface area contributed by atoms with Crippen LogP contribution in [0.5, 0.6) is 0 Å². The Kier molecular flexibility index (Phi) is 4.62. The van der Waals surface area contributed by atoms with E-state index in [1.165, 1.54) is 32.3 Å². The lowest BCUT2D eigenvalue weighted by atomic mass is 9.83. The van der Waals surface area contributed by atoms with Crippen LogP contribution in [0.2, 0.25) is 0 Å². The fourth-order valence-corrected chi connectivity index (χ4v) is 1.45. The van der Waals surface area contributed by atoms with Gasteiger partial charge in [0, 0.05) is 0 Å². The van der Waals surface area contributed by atoms with Crippen LogP contribution < -0.4 is 5.46 Å². The Morgan fingerprint density at radius 1 is 1.23 bits per heavy atom. The van der Waals surface area contributed by atoms with Crippen molar-refractivity contribution in [3.8, 4) is 0 Å². The highest BCUT2D eigenvalue weighted by Crippen LogP contribution is 2.03. The summed E-state index contributed by atoms with van der Waals surface area (Å²) in [7, 11) is 1.20. The van der Waals surface area contributed by atoms with E-state index in [1.807, 2.05) is 18.2 Å². The number of hydrogen-bond acceptors (Lipinski definition) is 1. The van der Waals surface area contributed by atoms with E-state index in [2.05, 4.69) is 13.0 Å². The van der Waals surface area contributed by atoms with Crippen molar-refractivity contribution in [2.45, 2.75) is 32.6 Å². The molecule has 0 aromatic heterocycles. The van der Waals surface area contributed by atoms with E-state index in [-0.39, 0.29) is 0 Å². The minimum atomic E-state index is 0.957. The second kappa shape index (κ2) is 5.82. The molecule has 0 atom stereocenters. The Bertz CT molecular complexity index is 248. The zero-order valence-corrected chi connectivity index (χ0v) is 8.16.